The van der Waals surface area contributed by atoms with E-state index in [0.717, 1.165) is 17.6 Å². The molecule has 0 fully saturated rings. The number of quaternary nitrogens is 1. The zero-order valence-electron chi connectivity index (χ0n) is 10.7. The van der Waals surface area contributed by atoms with Crippen LogP contribution >= 0.6 is 0 Å². The standard InChI is InChI=1S/C14H22N.ClH/c1-5-6-11-15(3,4)12-14-9-7-13(2)8-10-14;/h5-10H,11-12H2,1-4H3;1H/q+1;/p-1. The molecule has 0 aliphatic rings. The Morgan fingerprint density at radius 3 is 2.19 bits per heavy atom. The molecule has 0 heterocycles. The van der Waals surface area contributed by atoms with Gasteiger partial charge in [-0.2, -0.15) is 0 Å². The highest BCUT2D eigenvalue weighted by atomic mass is 35.5. The predicted octanol–water partition coefficient (Wildman–Crippen LogP) is 0.152. The molecule has 0 spiro atoms. The largest absolute Gasteiger partial charge is 1.00 e. The van der Waals surface area contributed by atoms with E-state index in [9.17, 15) is 0 Å². The molecule has 0 unspecified atom stereocenters. The maximum Gasteiger partial charge on any atom is 0.104 e. The molecule has 0 amide bonds. The van der Waals surface area contributed by atoms with E-state index in [1.54, 1.807) is 0 Å². The maximum absolute atomic E-state index is 2.26. The van der Waals surface area contributed by atoms with E-state index in [1.165, 1.54) is 11.1 Å². The summed E-state index contributed by atoms with van der Waals surface area (Å²) in [5, 5.41) is 0. The SMILES string of the molecule is CC=CC[N+](C)(C)Cc1ccc(C)cc1.[Cl-]. The maximum atomic E-state index is 2.26. The molecule has 0 N–H and O–H groups in total. The van der Waals surface area contributed by atoms with Crippen molar-refractivity contribution in [1.29, 1.82) is 0 Å². The summed E-state index contributed by atoms with van der Waals surface area (Å²) >= 11 is 0. The summed E-state index contributed by atoms with van der Waals surface area (Å²) < 4.78 is 1.01. The van der Waals surface area contributed by atoms with Crippen molar-refractivity contribution in [1.82, 2.24) is 0 Å². The first kappa shape index (κ1) is 15.2. The average Bonchev–Trinajstić information content (AvgIpc) is 2.18. The molecule has 2 heteroatoms. The quantitative estimate of drug-likeness (QED) is 0.519. The van der Waals surface area contributed by atoms with E-state index in [1.807, 2.05) is 0 Å². The number of hydrogen-bond acceptors (Lipinski definition) is 0. The lowest BCUT2D eigenvalue weighted by Gasteiger charge is -2.28. The minimum Gasteiger partial charge on any atom is -1.00 e. The van der Waals surface area contributed by atoms with Crippen LogP contribution in [0.3, 0.4) is 0 Å². The van der Waals surface area contributed by atoms with Gasteiger partial charge < -0.3 is 16.9 Å². The van der Waals surface area contributed by atoms with Crippen molar-refractivity contribution in [2.75, 3.05) is 20.6 Å². The molecule has 0 atom stereocenters. The molecule has 0 bridgehead atoms. The minimum atomic E-state index is 0. The van der Waals surface area contributed by atoms with E-state index >= 15 is 0 Å². The summed E-state index contributed by atoms with van der Waals surface area (Å²) in [6, 6.07) is 8.83. The molecule has 0 aliphatic heterocycles. The van der Waals surface area contributed by atoms with Crippen molar-refractivity contribution in [2.45, 2.75) is 20.4 Å². The fraction of sp³-hybridized carbons (Fsp3) is 0.429. The van der Waals surface area contributed by atoms with Gasteiger partial charge in [0.05, 0.1) is 20.6 Å². The van der Waals surface area contributed by atoms with Gasteiger partial charge >= 0.3 is 0 Å². The highest BCUT2D eigenvalue weighted by molar-refractivity contribution is 5.20. The Bertz CT molecular complexity index is 325. The number of allylic oxidation sites excluding steroid dienone is 1. The molecular formula is C14H22ClN. The number of likely N-dealkylation sites (N-methyl/N-ethyl adjacent to an activating group) is 1. The molecule has 1 aromatic carbocycles. The van der Waals surface area contributed by atoms with Crippen LogP contribution in [0.5, 0.6) is 0 Å². The topological polar surface area (TPSA) is 0 Å². The van der Waals surface area contributed by atoms with Crippen LogP contribution in [0.25, 0.3) is 0 Å². The third kappa shape index (κ3) is 5.34. The van der Waals surface area contributed by atoms with Crippen molar-refractivity contribution < 1.29 is 16.9 Å². The molecule has 1 aromatic rings. The van der Waals surface area contributed by atoms with Crippen LogP contribution in [-0.4, -0.2) is 25.1 Å². The number of aryl methyl sites for hydroxylation is 1. The zero-order chi connectivity index (χ0) is 11.3. The first-order valence-electron chi connectivity index (χ1n) is 5.52. The molecule has 0 aromatic heterocycles. The fourth-order valence-corrected chi connectivity index (χ4v) is 1.64. The molecule has 16 heavy (non-hydrogen) atoms. The van der Waals surface area contributed by atoms with Crippen LogP contribution in [0.2, 0.25) is 0 Å². The third-order valence-corrected chi connectivity index (χ3v) is 2.57. The summed E-state index contributed by atoms with van der Waals surface area (Å²) in [5.41, 5.74) is 2.74. The average molecular weight is 240 g/mol. The van der Waals surface area contributed by atoms with E-state index in [-0.39, 0.29) is 12.4 Å². The fourth-order valence-electron chi connectivity index (χ4n) is 1.64. The lowest BCUT2D eigenvalue weighted by molar-refractivity contribution is -0.897. The van der Waals surface area contributed by atoms with Gasteiger partial charge in [0.2, 0.25) is 0 Å². The monoisotopic (exact) mass is 239 g/mol. The molecule has 0 saturated carbocycles. The normalized spacial score (nSPS) is 11.5. The molecule has 90 valence electrons. The lowest BCUT2D eigenvalue weighted by Crippen LogP contribution is -3.00. The Hall–Kier alpha value is -0.790. The van der Waals surface area contributed by atoms with Crippen molar-refractivity contribution in [3.8, 4) is 0 Å². The van der Waals surface area contributed by atoms with Gasteiger partial charge in [0.1, 0.15) is 6.54 Å². The highest BCUT2D eigenvalue weighted by Gasteiger charge is 2.13. The second-order valence-electron chi connectivity index (χ2n) is 4.83. The van der Waals surface area contributed by atoms with Gasteiger partial charge in [0, 0.05) is 5.56 Å². The second kappa shape index (κ2) is 6.72. The molecule has 1 rings (SSSR count). The number of nitrogens with zero attached hydrogens (tertiary/aromatic N) is 1. The van der Waals surface area contributed by atoms with Gasteiger partial charge in [-0.1, -0.05) is 35.9 Å². The van der Waals surface area contributed by atoms with Crippen molar-refractivity contribution in [2.24, 2.45) is 0 Å². The van der Waals surface area contributed by atoms with E-state index in [2.05, 4.69) is 64.4 Å². The summed E-state index contributed by atoms with van der Waals surface area (Å²) in [6.07, 6.45) is 4.35. The summed E-state index contributed by atoms with van der Waals surface area (Å²) in [7, 11) is 4.53. The Morgan fingerprint density at radius 2 is 1.69 bits per heavy atom. The Labute approximate surface area is 106 Å². The number of rotatable bonds is 4. The van der Waals surface area contributed by atoms with Gasteiger partial charge in [-0.3, -0.25) is 0 Å². The van der Waals surface area contributed by atoms with Crippen LogP contribution in [0.15, 0.2) is 36.4 Å². The predicted molar refractivity (Wildman–Crippen MR) is 66.7 cm³/mol. The van der Waals surface area contributed by atoms with Gasteiger partial charge in [0.25, 0.3) is 0 Å². The smallest absolute Gasteiger partial charge is 0.104 e. The van der Waals surface area contributed by atoms with E-state index in [0.29, 0.717) is 0 Å². The van der Waals surface area contributed by atoms with Crippen molar-refractivity contribution in [3.05, 3.63) is 47.5 Å². The number of benzene rings is 1. The van der Waals surface area contributed by atoms with Gasteiger partial charge in [-0.25, -0.2) is 0 Å². The Balaban J connectivity index is 0.00000225. The van der Waals surface area contributed by atoms with Crippen LogP contribution in [-0.2, 0) is 6.54 Å². The summed E-state index contributed by atoms with van der Waals surface area (Å²) in [4.78, 5) is 0. The van der Waals surface area contributed by atoms with E-state index in [4.69, 9.17) is 0 Å². The van der Waals surface area contributed by atoms with Crippen molar-refractivity contribution >= 4 is 0 Å². The van der Waals surface area contributed by atoms with Crippen LogP contribution in [0.1, 0.15) is 18.1 Å². The number of hydrogen-bond donors (Lipinski definition) is 0. The summed E-state index contributed by atoms with van der Waals surface area (Å²) in [6.45, 7) is 6.38. The minimum absolute atomic E-state index is 0. The third-order valence-electron chi connectivity index (χ3n) is 2.57. The lowest BCUT2D eigenvalue weighted by atomic mass is 10.1. The Kier molecular flexibility index (Phi) is 6.39. The molecule has 0 saturated heterocycles. The summed E-state index contributed by atoms with van der Waals surface area (Å²) in [5.74, 6) is 0. The molecular weight excluding hydrogens is 218 g/mol. The molecule has 0 aliphatic carbocycles. The van der Waals surface area contributed by atoms with Gasteiger partial charge in [-0.05, 0) is 19.9 Å². The molecule has 1 nitrogen and oxygen atoms in total. The van der Waals surface area contributed by atoms with Crippen LogP contribution in [0, 0.1) is 6.92 Å². The van der Waals surface area contributed by atoms with E-state index < -0.39 is 0 Å². The Morgan fingerprint density at radius 1 is 1.12 bits per heavy atom. The van der Waals surface area contributed by atoms with Gasteiger partial charge in [0.15, 0.2) is 0 Å². The molecule has 0 radical (unpaired) electrons. The van der Waals surface area contributed by atoms with Crippen LogP contribution < -0.4 is 12.4 Å². The second-order valence-corrected chi connectivity index (χ2v) is 4.83. The first-order chi connectivity index (χ1) is 7.03. The highest BCUT2D eigenvalue weighted by Crippen LogP contribution is 2.10. The van der Waals surface area contributed by atoms with Crippen molar-refractivity contribution in [3.63, 3.8) is 0 Å². The van der Waals surface area contributed by atoms with Gasteiger partial charge in [-0.15, -0.1) is 0 Å². The number of halogens is 1. The zero-order valence-corrected chi connectivity index (χ0v) is 11.5. The van der Waals surface area contributed by atoms with Crippen LogP contribution in [0.4, 0.5) is 0 Å². The first-order valence-corrected chi connectivity index (χ1v) is 5.52.